The minimum atomic E-state index is -3.53. The molecule has 2 heterocycles. The number of aryl methyl sites for hydroxylation is 1. The third-order valence-corrected chi connectivity index (χ3v) is 5.97. The third-order valence-electron chi connectivity index (χ3n) is 4.65. The van der Waals surface area contributed by atoms with E-state index in [-0.39, 0.29) is 11.8 Å². The molecule has 2 aromatic rings. The van der Waals surface area contributed by atoms with Gasteiger partial charge in [-0.25, -0.2) is 17.5 Å². The summed E-state index contributed by atoms with van der Waals surface area (Å²) in [6, 6.07) is 9.72. The van der Waals surface area contributed by atoms with Crippen molar-refractivity contribution in [2.24, 2.45) is 7.05 Å². The standard InChI is InChI=1S/C18H24FN3O2S/c1-21-9-5-8-17(21)18(22-10-2-3-11-22)13-20-25(23,24)14-15-6-4-7-16(19)12-15/h4-9,12,18,20H,2-3,10-11,13-14H2,1H3. The molecule has 1 unspecified atom stereocenters. The molecule has 7 heteroatoms. The van der Waals surface area contributed by atoms with Gasteiger partial charge in [0.05, 0.1) is 11.8 Å². The first-order chi connectivity index (χ1) is 11.9. The van der Waals surface area contributed by atoms with Crippen molar-refractivity contribution in [3.63, 3.8) is 0 Å². The Morgan fingerprint density at radius 2 is 1.96 bits per heavy atom. The summed E-state index contributed by atoms with van der Waals surface area (Å²) in [4.78, 5) is 2.32. The van der Waals surface area contributed by atoms with E-state index in [1.165, 1.54) is 18.2 Å². The van der Waals surface area contributed by atoms with Crippen LogP contribution in [0.25, 0.3) is 0 Å². The molecule has 1 aliphatic rings. The Morgan fingerprint density at radius 3 is 2.60 bits per heavy atom. The molecular weight excluding hydrogens is 341 g/mol. The van der Waals surface area contributed by atoms with Gasteiger partial charge in [0.1, 0.15) is 5.82 Å². The summed E-state index contributed by atoms with van der Waals surface area (Å²) in [5, 5.41) is 0. The van der Waals surface area contributed by atoms with Gasteiger partial charge in [-0.05, 0) is 55.8 Å². The highest BCUT2D eigenvalue weighted by molar-refractivity contribution is 7.88. The van der Waals surface area contributed by atoms with Gasteiger partial charge in [-0.3, -0.25) is 4.90 Å². The Labute approximate surface area is 148 Å². The predicted octanol–water partition coefficient (Wildman–Crippen LogP) is 2.42. The van der Waals surface area contributed by atoms with E-state index in [0.717, 1.165) is 31.6 Å². The lowest BCUT2D eigenvalue weighted by Gasteiger charge is -2.28. The van der Waals surface area contributed by atoms with Crippen LogP contribution < -0.4 is 4.72 Å². The molecule has 0 saturated carbocycles. The molecule has 1 saturated heterocycles. The first-order valence-electron chi connectivity index (χ1n) is 8.52. The maximum Gasteiger partial charge on any atom is 0.215 e. The Bertz CT molecular complexity index is 813. The Kier molecular flexibility index (Phi) is 5.56. The number of nitrogens with zero attached hydrogens (tertiary/aromatic N) is 2. The lowest BCUT2D eigenvalue weighted by atomic mass is 10.2. The van der Waals surface area contributed by atoms with E-state index < -0.39 is 15.8 Å². The first-order valence-corrected chi connectivity index (χ1v) is 10.2. The van der Waals surface area contributed by atoms with Crippen molar-refractivity contribution in [3.8, 4) is 0 Å². The molecule has 1 aromatic carbocycles. The lowest BCUT2D eigenvalue weighted by molar-refractivity contribution is 0.238. The number of aromatic nitrogens is 1. The van der Waals surface area contributed by atoms with Crippen LogP contribution in [-0.2, 0) is 22.8 Å². The largest absolute Gasteiger partial charge is 0.353 e. The van der Waals surface area contributed by atoms with Crippen LogP contribution in [0, 0.1) is 5.82 Å². The molecule has 0 amide bonds. The van der Waals surface area contributed by atoms with Crippen LogP contribution in [0.5, 0.6) is 0 Å². The average Bonchev–Trinajstić information content (AvgIpc) is 3.20. The Hall–Kier alpha value is -1.70. The predicted molar refractivity (Wildman–Crippen MR) is 96.0 cm³/mol. The molecule has 136 valence electrons. The summed E-state index contributed by atoms with van der Waals surface area (Å²) in [6.45, 7) is 2.26. The van der Waals surface area contributed by atoms with Crippen LogP contribution in [0.2, 0.25) is 0 Å². The summed E-state index contributed by atoms with van der Waals surface area (Å²) in [6.07, 6.45) is 4.24. The number of likely N-dealkylation sites (tertiary alicyclic amines) is 1. The van der Waals surface area contributed by atoms with E-state index in [1.54, 1.807) is 6.07 Å². The van der Waals surface area contributed by atoms with E-state index in [9.17, 15) is 12.8 Å². The van der Waals surface area contributed by atoms with Crippen LogP contribution in [0.4, 0.5) is 4.39 Å². The third kappa shape index (κ3) is 4.68. The highest BCUT2D eigenvalue weighted by Crippen LogP contribution is 2.25. The highest BCUT2D eigenvalue weighted by Gasteiger charge is 2.26. The van der Waals surface area contributed by atoms with Gasteiger partial charge < -0.3 is 4.57 Å². The summed E-state index contributed by atoms with van der Waals surface area (Å²) >= 11 is 0. The Morgan fingerprint density at radius 1 is 1.20 bits per heavy atom. The second-order valence-corrected chi connectivity index (χ2v) is 8.35. The molecule has 25 heavy (non-hydrogen) atoms. The SMILES string of the molecule is Cn1cccc1C(CNS(=O)(=O)Cc1cccc(F)c1)N1CCCC1. The van der Waals surface area contributed by atoms with Crippen LogP contribution in [0.1, 0.15) is 30.1 Å². The zero-order valence-corrected chi connectivity index (χ0v) is 15.2. The van der Waals surface area contributed by atoms with Gasteiger partial charge in [-0.2, -0.15) is 0 Å². The molecule has 0 bridgehead atoms. The monoisotopic (exact) mass is 365 g/mol. The minimum absolute atomic E-state index is 0.00443. The zero-order chi connectivity index (χ0) is 17.9. The van der Waals surface area contributed by atoms with E-state index in [1.807, 2.05) is 29.9 Å². The zero-order valence-electron chi connectivity index (χ0n) is 14.4. The molecular formula is C18H24FN3O2S. The minimum Gasteiger partial charge on any atom is -0.353 e. The molecule has 0 spiro atoms. The van der Waals surface area contributed by atoms with Crippen LogP contribution >= 0.6 is 0 Å². The van der Waals surface area contributed by atoms with E-state index >= 15 is 0 Å². The van der Waals surface area contributed by atoms with Gasteiger partial charge in [-0.1, -0.05) is 12.1 Å². The lowest BCUT2D eigenvalue weighted by Crippen LogP contribution is -2.38. The van der Waals surface area contributed by atoms with Crippen molar-refractivity contribution in [2.45, 2.75) is 24.6 Å². The fraction of sp³-hybridized carbons (Fsp3) is 0.444. The number of rotatable bonds is 7. The van der Waals surface area contributed by atoms with Crippen molar-refractivity contribution in [1.29, 1.82) is 0 Å². The fourth-order valence-electron chi connectivity index (χ4n) is 3.40. The number of hydrogen-bond donors (Lipinski definition) is 1. The molecule has 3 rings (SSSR count). The summed E-state index contributed by atoms with van der Waals surface area (Å²) < 4.78 is 42.9. The molecule has 1 N–H and O–H groups in total. The maximum absolute atomic E-state index is 13.3. The molecule has 0 radical (unpaired) electrons. The van der Waals surface area contributed by atoms with E-state index in [4.69, 9.17) is 0 Å². The van der Waals surface area contributed by atoms with Gasteiger partial charge in [0, 0.05) is 25.5 Å². The first kappa shape index (κ1) is 18.1. The molecule has 1 atom stereocenters. The van der Waals surface area contributed by atoms with Gasteiger partial charge in [0.25, 0.3) is 0 Å². The van der Waals surface area contributed by atoms with E-state index in [2.05, 4.69) is 9.62 Å². The van der Waals surface area contributed by atoms with Crippen LogP contribution in [0.15, 0.2) is 42.6 Å². The second kappa shape index (κ2) is 7.68. The van der Waals surface area contributed by atoms with Crippen LogP contribution in [0.3, 0.4) is 0 Å². The van der Waals surface area contributed by atoms with Gasteiger partial charge in [-0.15, -0.1) is 0 Å². The summed E-state index contributed by atoms with van der Waals surface area (Å²) in [5.41, 5.74) is 1.54. The fourth-order valence-corrected chi connectivity index (χ4v) is 4.53. The molecule has 0 aliphatic carbocycles. The smallest absolute Gasteiger partial charge is 0.215 e. The van der Waals surface area contributed by atoms with Crippen LogP contribution in [-0.4, -0.2) is 37.5 Å². The number of halogens is 1. The summed E-state index contributed by atoms with van der Waals surface area (Å²) in [5.74, 6) is -0.642. The quantitative estimate of drug-likeness (QED) is 0.820. The van der Waals surface area contributed by atoms with Gasteiger partial charge in [0.2, 0.25) is 10.0 Å². The highest BCUT2D eigenvalue weighted by atomic mass is 32.2. The van der Waals surface area contributed by atoms with Crippen molar-refractivity contribution >= 4 is 10.0 Å². The number of benzene rings is 1. The van der Waals surface area contributed by atoms with Crippen molar-refractivity contribution < 1.29 is 12.8 Å². The molecule has 5 nitrogen and oxygen atoms in total. The molecule has 1 aliphatic heterocycles. The normalized spacial score (nSPS) is 17.0. The maximum atomic E-state index is 13.3. The number of sulfonamides is 1. The van der Waals surface area contributed by atoms with Gasteiger partial charge >= 0.3 is 0 Å². The number of hydrogen-bond acceptors (Lipinski definition) is 3. The van der Waals surface area contributed by atoms with Crippen molar-refractivity contribution in [3.05, 3.63) is 59.7 Å². The van der Waals surface area contributed by atoms with Gasteiger partial charge in [0.15, 0.2) is 0 Å². The molecule has 1 aromatic heterocycles. The molecule has 1 fully saturated rings. The van der Waals surface area contributed by atoms with E-state index in [0.29, 0.717) is 12.1 Å². The topological polar surface area (TPSA) is 54.3 Å². The van der Waals surface area contributed by atoms with Crippen molar-refractivity contribution in [1.82, 2.24) is 14.2 Å². The second-order valence-electron chi connectivity index (χ2n) is 6.54. The average molecular weight is 365 g/mol. The summed E-state index contributed by atoms with van der Waals surface area (Å²) in [7, 11) is -1.56. The Balaban J connectivity index is 1.70. The van der Waals surface area contributed by atoms with Crippen molar-refractivity contribution in [2.75, 3.05) is 19.6 Å². The number of nitrogens with one attached hydrogen (secondary N) is 1.